The summed E-state index contributed by atoms with van der Waals surface area (Å²) in [6, 6.07) is 14.8. The summed E-state index contributed by atoms with van der Waals surface area (Å²) >= 11 is 5.98. The lowest BCUT2D eigenvalue weighted by Crippen LogP contribution is -2.45. The zero-order chi connectivity index (χ0) is 19.3. The molecule has 1 amide bonds. The van der Waals surface area contributed by atoms with Crippen molar-refractivity contribution in [1.82, 2.24) is 5.32 Å². The number of benzene rings is 2. The highest BCUT2D eigenvalue weighted by Crippen LogP contribution is 2.43. The van der Waals surface area contributed by atoms with Gasteiger partial charge >= 0.3 is 0 Å². The van der Waals surface area contributed by atoms with Gasteiger partial charge in [-0.25, -0.2) is 0 Å². The number of nitrogens with one attached hydrogen (secondary N) is 1. The molecule has 1 N–H and O–H groups in total. The van der Waals surface area contributed by atoms with Crippen molar-refractivity contribution >= 4 is 23.3 Å². The highest BCUT2D eigenvalue weighted by molar-refractivity contribution is 6.30. The van der Waals surface area contributed by atoms with Crippen molar-refractivity contribution in [2.24, 2.45) is 0 Å². The molecule has 5 heteroatoms. The minimum Gasteiger partial charge on any atom is -0.497 e. The van der Waals surface area contributed by atoms with Crippen LogP contribution in [-0.2, 0) is 10.2 Å². The zero-order valence-electron chi connectivity index (χ0n) is 15.5. The van der Waals surface area contributed by atoms with E-state index in [4.69, 9.17) is 16.3 Å². The van der Waals surface area contributed by atoms with E-state index in [0.29, 0.717) is 22.9 Å². The summed E-state index contributed by atoms with van der Waals surface area (Å²) < 4.78 is 5.09. The number of carbonyl (C=O) groups is 2. The Morgan fingerprint density at radius 3 is 2.26 bits per heavy atom. The van der Waals surface area contributed by atoms with Crippen molar-refractivity contribution in [2.45, 2.75) is 37.5 Å². The van der Waals surface area contributed by atoms with Crippen LogP contribution >= 0.6 is 11.6 Å². The third kappa shape index (κ3) is 4.69. The fraction of sp³-hybridized carbons (Fsp3) is 0.364. The third-order valence-corrected chi connectivity index (χ3v) is 5.63. The van der Waals surface area contributed by atoms with Crippen molar-refractivity contribution in [3.63, 3.8) is 0 Å². The van der Waals surface area contributed by atoms with Gasteiger partial charge in [-0.3, -0.25) is 9.59 Å². The minimum absolute atomic E-state index is 0.000239. The molecule has 2 aromatic carbocycles. The molecular weight excluding hydrogens is 362 g/mol. The number of Topliss-reactive ketones (excluding diaryl/α,β-unsaturated/α-hetero) is 1. The molecule has 0 aromatic heterocycles. The van der Waals surface area contributed by atoms with Gasteiger partial charge in [0.25, 0.3) is 0 Å². The standard InChI is InChI=1S/C22H24ClNO3/c1-27-19-9-3-16(4-10-19)20(25)11-12-21(26)24-15-22(13-2-14-22)17-5-7-18(23)8-6-17/h3-10H,2,11-15H2,1H3,(H,24,26). The number of hydrogen-bond acceptors (Lipinski definition) is 3. The monoisotopic (exact) mass is 385 g/mol. The van der Waals surface area contributed by atoms with Crippen molar-refractivity contribution in [3.05, 3.63) is 64.7 Å². The summed E-state index contributed by atoms with van der Waals surface area (Å²) in [4.78, 5) is 24.5. The average molecular weight is 386 g/mol. The van der Waals surface area contributed by atoms with Crippen LogP contribution < -0.4 is 10.1 Å². The number of rotatable bonds is 8. The summed E-state index contributed by atoms with van der Waals surface area (Å²) in [5.41, 5.74) is 1.81. The van der Waals surface area contributed by atoms with Gasteiger partial charge in [0.1, 0.15) is 5.75 Å². The second-order valence-corrected chi connectivity index (χ2v) is 7.51. The number of ether oxygens (including phenoxy) is 1. The van der Waals surface area contributed by atoms with E-state index in [1.807, 2.05) is 24.3 Å². The van der Waals surface area contributed by atoms with Gasteiger partial charge in [0.15, 0.2) is 5.78 Å². The smallest absolute Gasteiger partial charge is 0.220 e. The van der Waals surface area contributed by atoms with E-state index >= 15 is 0 Å². The molecule has 1 aliphatic carbocycles. The first-order valence-corrected chi connectivity index (χ1v) is 9.60. The Hall–Kier alpha value is -2.33. The molecule has 0 spiro atoms. The molecule has 142 valence electrons. The fourth-order valence-corrected chi connectivity index (χ4v) is 3.60. The number of hydrogen-bond donors (Lipinski definition) is 1. The summed E-state index contributed by atoms with van der Waals surface area (Å²) in [6.07, 6.45) is 3.67. The van der Waals surface area contributed by atoms with Gasteiger partial charge in [-0.15, -0.1) is 0 Å². The van der Waals surface area contributed by atoms with E-state index in [2.05, 4.69) is 5.32 Å². The Bertz CT molecular complexity index is 795. The molecule has 0 unspecified atom stereocenters. The number of methoxy groups -OCH3 is 1. The molecule has 0 heterocycles. The topological polar surface area (TPSA) is 55.4 Å². The van der Waals surface area contributed by atoms with Crippen LogP contribution in [0.5, 0.6) is 5.75 Å². The van der Waals surface area contributed by atoms with Crippen LogP contribution in [0, 0.1) is 0 Å². The molecule has 0 aliphatic heterocycles. The molecule has 2 aromatic rings. The number of ketones is 1. The van der Waals surface area contributed by atoms with Crippen molar-refractivity contribution < 1.29 is 14.3 Å². The Kier molecular flexibility index (Phi) is 6.17. The second kappa shape index (κ2) is 8.57. The van der Waals surface area contributed by atoms with Crippen LogP contribution in [0.25, 0.3) is 0 Å². The Morgan fingerprint density at radius 2 is 1.70 bits per heavy atom. The fourth-order valence-electron chi connectivity index (χ4n) is 3.48. The molecule has 1 saturated carbocycles. The highest BCUT2D eigenvalue weighted by atomic mass is 35.5. The van der Waals surface area contributed by atoms with Gasteiger partial charge in [0, 0.05) is 35.4 Å². The molecule has 0 atom stereocenters. The largest absolute Gasteiger partial charge is 0.497 e. The first kappa shape index (κ1) is 19.4. The molecule has 27 heavy (non-hydrogen) atoms. The van der Waals surface area contributed by atoms with E-state index in [-0.39, 0.29) is 29.9 Å². The molecule has 1 aliphatic rings. The molecule has 0 bridgehead atoms. The Morgan fingerprint density at radius 1 is 1.04 bits per heavy atom. The van der Waals surface area contributed by atoms with Gasteiger partial charge in [-0.2, -0.15) is 0 Å². The summed E-state index contributed by atoms with van der Waals surface area (Å²) in [5.74, 6) is 0.582. The minimum atomic E-state index is -0.0860. The van der Waals surface area contributed by atoms with E-state index < -0.39 is 0 Å². The van der Waals surface area contributed by atoms with Crippen LogP contribution in [0.1, 0.15) is 48.0 Å². The van der Waals surface area contributed by atoms with Crippen LogP contribution in [0.2, 0.25) is 5.02 Å². The average Bonchev–Trinajstić information content (AvgIpc) is 2.66. The maximum absolute atomic E-state index is 12.2. The van der Waals surface area contributed by atoms with Crippen LogP contribution in [-0.4, -0.2) is 25.3 Å². The highest BCUT2D eigenvalue weighted by Gasteiger charge is 2.38. The Labute approximate surface area is 164 Å². The lowest BCUT2D eigenvalue weighted by molar-refractivity contribution is -0.121. The zero-order valence-corrected chi connectivity index (χ0v) is 16.2. The maximum atomic E-state index is 12.2. The lowest BCUT2D eigenvalue weighted by Gasteiger charge is -2.42. The molecule has 4 nitrogen and oxygen atoms in total. The maximum Gasteiger partial charge on any atom is 0.220 e. The quantitative estimate of drug-likeness (QED) is 0.678. The number of carbonyl (C=O) groups excluding carboxylic acids is 2. The van der Waals surface area contributed by atoms with Crippen LogP contribution in [0.4, 0.5) is 0 Å². The molecule has 1 fully saturated rings. The lowest BCUT2D eigenvalue weighted by atomic mass is 9.64. The van der Waals surface area contributed by atoms with Gasteiger partial charge in [-0.05, 0) is 54.8 Å². The van der Waals surface area contributed by atoms with Crippen molar-refractivity contribution in [2.75, 3.05) is 13.7 Å². The summed E-state index contributed by atoms with van der Waals surface area (Å²) in [5, 5.41) is 3.74. The van der Waals surface area contributed by atoms with Crippen molar-refractivity contribution in [1.29, 1.82) is 0 Å². The molecule has 0 saturated heterocycles. The summed E-state index contributed by atoms with van der Waals surface area (Å²) in [7, 11) is 1.58. The third-order valence-electron chi connectivity index (χ3n) is 5.38. The summed E-state index contributed by atoms with van der Waals surface area (Å²) in [6.45, 7) is 0.601. The molecule has 0 radical (unpaired) electrons. The van der Waals surface area contributed by atoms with Crippen molar-refractivity contribution in [3.8, 4) is 5.75 Å². The van der Waals surface area contributed by atoms with E-state index in [0.717, 1.165) is 19.3 Å². The second-order valence-electron chi connectivity index (χ2n) is 7.07. The first-order chi connectivity index (χ1) is 13.0. The SMILES string of the molecule is COc1ccc(C(=O)CCC(=O)NCC2(c3ccc(Cl)cc3)CCC2)cc1. The van der Waals surface area contributed by atoms with Gasteiger partial charge in [0.2, 0.25) is 5.91 Å². The Balaban J connectivity index is 1.50. The first-order valence-electron chi connectivity index (χ1n) is 9.22. The molecular formula is C22H24ClNO3. The van der Waals surface area contributed by atoms with Gasteiger partial charge in [0.05, 0.1) is 7.11 Å². The normalized spacial score (nSPS) is 14.9. The number of halogens is 1. The van der Waals surface area contributed by atoms with E-state index in [9.17, 15) is 9.59 Å². The number of amides is 1. The predicted octanol–water partition coefficient (Wildman–Crippen LogP) is 4.55. The molecule has 3 rings (SSSR count). The van der Waals surface area contributed by atoms with Gasteiger partial charge in [-0.1, -0.05) is 30.2 Å². The van der Waals surface area contributed by atoms with Crippen LogP contribution in [0.15, 0.2) is 48.5 Å². The van der Waals surface area contributed by atoms with Gasteiger partial charge < -0.3 is 10.1 Å². The predicted molar refractivity (Wildman–Crippen MR) is 107 cm³/mol. The van der Waals surface area contributed by atoms with E-state index in [1.165, 1.54) is 5.56 Å². The van der Waals surface area contributed by atoms with Crippen LogP contribution in [0.3, 0.4) is 0 Å². The van der Waals surface area contributed by atoms with E-state index in [1.54, 1.807) is 31.4 Å².